The Hall–Kier alpha value is -2.24. The maximum atomic E-state index is 12.1. The minimum Gasteiger partial charge on any atom is -0.294 e. The van der Waals surface area contributed by atoms with Crippen LogP contribution >= 0.6 is 0 Å². The Morgan fingerprint density at radius 3 is 2.85 bits per heavy atom. The lowest BCUT2D eigenvalue weighted by atomic mass is 9.90. The molecule has 6 nitrogen and oxygen atoms in total. The van der Waals surface area contributed by atoms with Crippen LogP contribution < -0.4 is 11.2 Å². The molecule has 0 saturated carbocycles. The molecule has 0 unspecified atom stereocenters. The molecule has 20 heavy (non-hydrogen) atoms. The Balaban J connectivity index is 2.44. The molecule has 2 aromatic rings. The van der Waals surface area contributed by atoms with Crippen LogP contribution in [0.2, 0.25) is 0 Å². The molecule has 0 aromatic carbocycles. The van der Waals surface area contributed by atoms with Crippen LogP contribution in [0.15, 0.2) is 15.8 Å². The number of carbonyl (C=O) groups excluding carboxylic acids is 1. The summed E-state index contributed by atoms with van der Waals surface area (Å²) in [6, 6.07) is 0. The van der Waals surface area contributed by atoms with Crippen LogP contribution in [0.3, 0.4) is 0 Å². The van der Waals surface area contributed by atoms with E-state index in [2.05, 4.69) is 9.97 Å². The number of ketones is 1. The van der Waals surface area contributed by atoms with Crippen molar-refractivity contribution in [3.8, 4) is 0 Å². The minimum atomic E-state index is -0.448. The Bertz CT molecular complexity index is 817. The summed E-state index contributed by atoms with van der Waals surface area (Å²) < 4.78 is 1.47. The monoisotopic (exact) mass is 273 g/mol. The van der Waals surface area contributed by atoms with Gasteiger partial charge in [0.2, 0.25) is 0 Å². The van der Waals surface area contributed by atoms with Gasteiger partial charge in [0.25, 0.3) is 5.56 Å². The number of Topliss-reactive ketones (excluding diaryl/α,β-unsaturated/α-hetero) is 1. The van der Waals surface area contributed by atoms with Gasteiger partial charge in [-0.1, -0.05) is 6.92 Å². The van der Waals surface area contributed by atoms with Crippen molar-refractivity contribution in [3.63, 3.8) is 0 Å². The molecule has 0 saturated heterocycles. The van der Waals surface area contributed by atoms with Gasteiger partial charge < -0.3 is 0 Å². The molecule has 0 aliphatic heterocycles. The fourth-order valence-electron chi connectivity index (χ4n) is 2.80. The van der Waals surface area contributed by atoms with Gasteiger partial charge in [0.15, 0.2) is 5.78 Å². The van der Waals surface area contributed by atoms with E-state index in [4.69, 9.17) is 0 Å². The van der Waals surface area contributed by atoms with E-state index in [1.54, 1.807) is 0 Å². The molecule has 104 valence electrons. The standard InChI is InChI=1S/C14H15N3O3/c1-2-6-17-12-11(13(19)16-14(17)20)8-4-3-5-10(18)9(8)7-15-12/h7H,2-6H2,1H3,(H,16,19,20). The van der Waals surface area contributed by atoms with Crippen molar-refractivity contribution < 1.29 is 4.79 Å². The quantitative estimate of drug-likeness (QED) is 0.885. The number of carbonyl (C=O) groups is 1. The highest BCUT2D eigenvalue weighted by atomic mass is 16.2. The van der Waals surface area contributed by atoms with Gasteiger partial charge in [0, 0.05) is 24.7 Å². The lowest BCUT2D eigenvalue weighted by molar-refractivity contribution is 0.0972. The van der Waals surface area contributed by atoms with Gasteiger partial charge in [-0.05, 0) is 24.8 Å². The maximum Gasteiger partial charge on any atom is 0.329 e. The molecule has 0 bridgehead atoms. The fraction of sp³-hybridized carbons (Fsp3) is 0.429. The molecule has 6 heteroatoms. The van der Waals surface area contributed by atoms with Crippen molar-refractivity contribution in [1.29, 1.82) is 0 Å². The zero-order valence-corrected chi connectivity index (χ0v) is 11.2. The van der Waals surface area contributed by atoms with Crippen molar-refractivity contribution >= 4 is 16.8 Å². The van der Waals surface area contributed by atoms with E-state index < -0.39 is 11.2 Å². The number of rotatable bonds is 2. The van der Waals surface area contributed by atoms with Gasteiger partial charge in [-0.25, -0.2) is 9.78 Å². The first-order valence-electron chi connectivity index (χ1n) is 6.81. The van der Waals surface area contributed by atoms with Crippen molar-refractivity contribution in [2.24, 2.45) is 0 Å². The first kappa shape index (κ1) is 12.8. The van der Waals surface area contributed by atoms with E-state index in [-0.39, 0.29) is 5.78 Å². The van der Waals surface area contributed by atoms with Gasteiger partial charge in [-0.2, -0.15) is 0 Å². The number of pyridine rings is 1. The number of nitrogens with one attached hydrogen (secondary N) is 1. The average Bonchev–Trinajstić information content (AvgIpc) is 2.42. The molecule has 1 aliphatic carbocycles. The number of fused-ring (bicyclic) bond motifs is 3. The summed E-state index contributed by atoms with van der Waals surface area (Å²) in [5.74, 6) is 0.0216. The van der Waals surface area contributed by atoms with Crippen molar-refractivity contribution in [2.45, 2.75) is 39.2 Å². The van der Waals surface area contributed by atoms with Crippen LogP contribution in [0.25, 0.3) is 11.0 Å². The van der Waals surface area contributed by atoms with Crippen LogP contribution in [0.1, 0.15) is 42.1 Å². The zero-order valence-electron chi connectivity index (χ0n) is 11.2. The summed E-state index contributed by atoms with van der Waals surface area (Å²) in [6.07, 6.45) is 4.17. The highest BCUT2D eigenvalue weighted by Gasteiger charge is 2.23. The number of hydrogen-bond donors (Lipinski definition) is 1. The smallest absolute Gasteiger partial charge is 0.294 e. The molecule has 1 N–H and O–H groups in total. The van der Waals surface area contributed by atoms with Crippen LogP contribution in [0.5, 0.6) is 0 Å². The summed E-state index contributed by atoms with van der Waals surface area (Å²) in [4.78, 5) is 42.4. The number of nitrogens with zero attached hydrogens (tertiary/aromatic N) is 2. The van der Waals surface area contributed by atoms with E-state index in [0.29, 0.717) is 36.0 Å². The number of aryl methyl sites for hydroxylation is 2. The molecule has 3 rings (SSSR count). The van der Waals surface area contributed by atoms with Crippen LogP contribution in [-0.2, 0) is 13.0 Å². The van der Waals surface area contributed by atoms with E-state index in [9.17, 15) is 14.4 Å². The molecular weight excluding hydrogens is 258 g/mol. The fourth-order valence-corrected chi connectivity index (χ4v) is 2.80. The third-order valence-corrected chi connectivity index (χ3v) is 3.69. The molecule has 0 fully saturated rings. The Labute approximate surface area is 114 Å². The normalized spacial score (nSPS) is 14.6. The second-order valence-corrected chi connectivity index (χ2v) is 5.04. The summed E-state index contributed by atoms with van der Waals surface area (Å²) >= 11 is 0. The zero-order chi connectivity index (χ0) is 14.3. The second kappa shape index (κ2) is 4.70. The van der Waals surface area contributed by atoms with E-state index in [1.165, 1.54) is 10.8 Å². The average molecular weight is 273 g/mol. The number of aromatic nitrogens is 3. The van der Waals surface area contributed by atoms with Crippen LogP contribution in [0.4, 0.5) is 0 Å². The number of hydrogen-bond acceptors (Lipinski definition) is 4. The number of aromatic amines is 1. The summed E-state index contributed by atoms with van der Waals surface area (Å²) in [6.45, 7) is 2.44. The van der Waals surface area contributed by atoms with Gasteiger partial charge in [0.1, 0.15) is 5.65 Å². The lowest BCUT2D eigenvalue weighted by Gasteiger charge is -2.17. The molecule has 2 aromatic heterocycles. The topological polar surface area (TPSA) is 84.8 Å². The van der Waals surface area contributed by atoms with Crippen molar-refractivity contribution in [3.05, 3.63) is 38.2 Å². The first-order valence-corrected chi connectivity index (χ1v) is 6.81. The maximum absolute atomic E-state index is 12.1. The lowest BCUT2D eigenvalue weighted by Crippen LogP contribution is -2.32. The first-order chi connectivity index (χ1) is 9.63. The number of H-pyrrole nitrogens is 1. The molecule has 1 aliphatic rings. The third-order valence-electron chi connectivity index (χ3n) is 3.69. The van der Waals surface area contributed by atoms with Gasteiger partial charge in [0.05, 0.1) is 5.39 Å². The Morgan fingerprint density at radius 1 is 1.30 bits per heavy atom. The summed E-state index contributed by atoms with van der Waals surface area (Å²) in [7, 11) is 0. The molecule has 2 heterocycles. The van der Waals surface area contributed by atoms with E-state index in [0.717, 1.165) is 18.4 Å². The van der Waals surface area contributed by atoms with Crippen LogP contribution in [-0.4, -0.2) is 20.3 Å². The van der Waals surface area contributed by atoms with Gasteiger partial charge in [-0.15, -0.1) is 0 Å². The second-order valence-electron chi connectivity index (χ2n) is 5.04. The Kier molecular flexibility index (Phi) is 3.00. The SMILES string of the molecule is CCCn1c(=O)[nH]c(=O)c2c3c(cnc21)C(=O)CCC3. The molecule has 0 spiro atoms. The molecule has 0 radical (unpaired) electrons. The summed E-state index contributed by atoms with van der Waals surface area (Å²) in [5, 5.41) is 0.392. The largest absolute Gasteiger partial charge is 0.329 e. The summed E-state index contributed by atoms with van der Waals surface area (Å²) in [5.41, 5.74) is 0.748. The van der Waals surface area contributed by atoms with Gasteiger partial charge >= 0.3 is 5.69 Å². The molecule has 0 amide bonds. The van der Waals surface area contributed by atoms with Crippen molar-refractivity contribution in [2.75, 3.05) is 0 Å². The van der Waals surface area contributed by atoms with E-state index >= 15 is 0 Å². The van der Waals surface area contributed by atoms with Crippen molar-refractivity contribution in [1.82, 2.24) is 14.5 Å². The molecule has 0 atom stereocenters. The highest BCUT2D eigenvalue weighted by Crippen LogP contribution is 2.24. The van der Waals surface area contributed by atoms with E-state index in [1.807, 2.05) is 6.92 Å². The minimum absolute atomic E-state index is 0.0216. The third kappa shape index (κ3) is 1.79. The predicted molar refractivity (Wildman–Crippen MR) is 74.2 cm³/mol. The van der Waals surface area contributed by atoms with Crippen LogP contribution in [0, 0.1) is 0 Å². The van der Waals surface area contributed by atoms with Gasteiger partial charge in [-0.3, -0.25) is 19.1 Å². The molecular formula is C14H15N3O3. The predicted octanol–water partition coefficient (Wildman–Crippen LogP) is 1.01. The Morgan fingerprint density at radius 2 is 2.10 bits per heavy atom. The highest BCUT2D eigenvalue weighted by molar-refractivity contribution is 6.01.